The topological polar surface area (TPSA) is 101 Å². The predicted molar refractivity (Wildman–Crippen MR) is 118 cm³/mol. The largest absolute Gasteiger partial charge is 0.494 e. The zero-order chi connectivity index (χ0) is 23.6. The van der Waals surface area contributed by atoms with E-state index in [2.05, 4.69) is 15.5 Å². The monoisotopic (exact) mass is 494 g/mol. The number of aromatic nitrogens is 2. The van der Waals surface area contributed by atoms with E-state index in [1.165, 1.54) is 16.4 Å². The number of ether oxygens (including phenoxy) is 1. The van der Waals surface area contributed by atoms with Crippen LogP contribution in [-0.4, -0.2) is 42.0 Å². The Labute approximate surface area is 193 Å². The molecule has 33 heavy (non-hydrogen) atoms. The third-order valence-electron chi connectivity index (χ3n) is 5.04. The molecule has 0 saturated carbocycles. The molecule has 1 aliphatic heterocycles. The molecule has 1 unspecified atom stereocenters. The summed E-state index contributed by atoms with van der Waals surface area (Å²) >= 11 is 0.934. The maximum atomic E-state index is 13.8. The van der Waals surface area contributed by atoms with Crippen LogP contribution >= 0.6 is 11.3 Å². The third kappa shape index (κ3) is 4.87. The lowest BCUT2D eigenvalue weighted by molar-refractivity contribution is 0.102. The molecule has 4 rings (SSSR count). The molecule has 1 aliphatic rings. The molecule has 1 atom stereocenters. The lowest BCUT2D eigenvalue weighted by atomic mass is 10.2. The Hall–Kier alpha value is -2.96. The van der Waals surface area contributed by atoms with Gasteiger partial charge in [0.1, 0.15) is 22.4 Å². The summed E-state index contributed by atoms with van der Waals surface area (Å²) in [6.07, 6.45) is 1.15. The van der Waals surface area contributed by atoms with Gasteiger partial charge in [-0.25, -0.2) is 17.2 Å². The number of nitrogens with one attached hydrogen (secondary N) is 1. The SMILES string of the molecule is CCOc1ccc(S(=O)(=O)N2CCCC2c2nnc(C(=O)Nc3ccc(F)cc3F)s2)cc1. The van der Waals surface area contributed by atoms with Gasteiger partial charge in [0.05, 0.1) is 23.2 Å². The minimum Gasteiger partial charge on any atom is -0.494 e. The van der Waals surface area contributed by atoms with E-state index in [4.69, 9.17) is 4.74 Å². The standard InChI is InChI=1S/C21H20F2N4O4S2/c1-2-31-14-6-8-15(9-7-14)33(29,30)27-11-3-4-18(27)20-25-26-21(32-20)19(28)24-17-10-5-13(22)12-16(17)23/h5-10,12,18H,2-4,11H2,1H3,(H,24,28). The van der Waals surface area contributed by atoms with Crippen LogP contribution in [0.3, 0.4) is 0 Å². The highest BCUT2D eigenvalue weighted by atomic mass is 32.2. The molecule has 0 spiro atoms. The van der Waals surface area contributed by atoms with Crippen molar-refractivity contribution in [2.75, 3.05) is 18.5 Å². The number of halogens is 2. The Kier molecular flexibility index (Phi) is 6.68. The second kappa shape index (κ2) is 9.49. The van der Waals surface area contributed by atoms with E-state index in [0.717, 1.165) is 23.5 Å². The molecular formula is C21H20F2N4O4S2. The predicted octanol–water partition coefficient (Wildman–Crippen LogP) is 3.99. The van der Waals surface area contributed by atoms with E-state index in [-0.39, 0.29) is 15.6 Å². The first-order valence-corrected chi connectivity index (χ1v) is 12.4. The van der Waals surface area contributed by atoms with Gasteiger partial charge in [0.2, 0.25) is 15.0 Å². The Bertz CT molecular complexity index is 1270. The second-order valence-corrected chi connectivity index (χ2v) is 10.1. The highest BCUT2D eigenvalue weighted by Gasteiger charge is 2.38. The van der Waals surface area contributed by atoms with Gasteiger partial charge in [-0.15, -0.1) is 10.2 Å². The van der Waals surface area contributed by atoms with Crippen LogP contribution in [0, 0.1) is 11.6 Å². The van der Waals surface area contributed by atoms with Gasteiger partial charge in [-0.3, -0.25) is 4.79 Å². The van der Waals surface area contributed by atoms with Gasteiger partial charge in [-0.05, 0) is 56.2 Å². The summed E-state index contributed by atoms with van der Waals surface area (Å²) in [7, 11) is -3.81. The Morgan fingerprint density at radius 2 is 1.97 bits per heavy atom. The molecule has 1 fully saturated rings. The van der Waals surface area contributed by atoms with Crippen molar-refractivity contribution in [1.82, 2.24) is 14.5 Å². The molecule has 2 heterocycles. The van der Waals surface area contributed by atoms with Crippen LogP contribution in [0.2, 0.25) is 0 Å². The summed E-state index contributed by atoms with van der Waals surface area (Å²) in [6.45, 7) is 2.62. The summed E-state index contributed by atoms with van der Waals surface area (Å²) in [6, 6.07) is 8.40. The fourth-order valence-electron chi connectivity index (χ4n) is 3.51. The van der Waals surface area contributed by atoms with Crippen molar-refractivity contribution in [2.45, 2.75) is 30.7 Å². The molecule has 3 aromatic rings. The number of hydrogen-bond donors (Lipinski definition) is 1. The van der Waals surface area contributed by atoms with Crippen molar-refractivity contribution < 1.29 is 26.7 Å². The molecule has 2 aromatic carbocycles. The lowest BCUT2D eigenvalue weighted by Crippen LogP contribution is -2.30. The highest BCUT2D eigenvalue weighted by molar-refractivity contribution is 7.89. The third-order valence-corrected chi connectivity index (χ3v) is 7.99. The van der Waals surface area contributed by atoms with Gasteiger partial charge in [0.15, 0.2) is 0 Å². The van der Waals surface area contributed by atoms with E-state index >= 15 is 0 Å². The van der Waals surface area contributed by atoms with Crippen LogP contribution in [0.5, 0.6) is 5.75 Å². The summed E-state index contributed by atoms with van der Waals surface area (Å²) < 4.78 is 60.0. The number of nitrogens with zero attached hydrogens (tertiary/aromatic N) is 3. The average molecular weight is 495 g/mol. The number of rotatable bonds is 7. The van der Waals surface area contributed by atoms with Crippen LogP contribution in [-0.2, 0) is 10.0 Å². The Morgan fingerprint density at radius 1 is 1.21 bits per heavy atom. The quantitative estimate of drug-likeness (QED) is 0.533. The van der Waals surface area contributed by atoms with Crippen LogP contribution in [0.15, 0.2) is 47.4 Å². The first-order chi connectivity index (χ1) is 15.8. The summed E-state index contributed by atoms with van der Waals surface area (Å²) in [5, 5.41) is 10.5. The molecule has 1 N–H and O–H groups in total. The molecule has 0 bridgehead atoms. The van der Waals surface area contributed by atoms with Crippen molar-refractivity contribution in [1.29, 1.82) is 0 Å². The van der Waals surface area contributed by atoms with Crippen molar-refractivity contribution >= 4 is 33.0 Å². The molecule has 12 heteroatoms. The van der Waals surface area contributed by atoms with Crippen molar-refractivity contribution in [2.24, 2.45) is 0 Å². The van der Waals surface area contributed by atoms with Gasteiger partial charge < -0.3 is 10.1 Å². The van der Waals surface area contributed by atoms with Gasteiger partial charge in [0, 0.05) is 12.6 Å². The van der Waals surface area contributed by atoms with Crippen molar-refractivity contribution in [3.8, 4) is 5.75 Å². The van der Waals surface area contributed by atoms with Gasteiger partial charge >= 0.3 is 0 Å². The van der Waals surface area contributed by atoms with E-state index in [0.29, 0.717) is 42.8 Å². The molecular weight excluding hydrogens is 474 g/mol. The zero-order valence-electron chi connectivity index (χ0n) is 17.5. The number of hydrogen-bond acceptors (Lipinski definition) is 7. The molecule has 0 radical (unpaired) electrons. The second-order valence-electron chi connectivity index (χ2n) is 7.20. The normalized spacial score (nSPS) is 16.6. The fourth-order valence-corrected chi connectivity index (χ4v) is 6.13. The summed E-state index contributed by atoms with van der Waals surface area (Å²) in [5.74, 6) is -1.83. The number of amides is 1. The number of anilines is 1. The Balaban J connectivity index is 1.52. The van der Waals surface area contributed by atoms with E-state index in [9.17, 15) is 22.0 Å². The highest BCUT2D eigenvalue weighted by Crippen LogP contribution is 2.38. The summed E-state index contributed by atoms with van der Waals surface area (Å²) in [4.78, 5) is 12.6. The Morgan fingerprint density at radius 3 is 2.67 bits per heavy atom. The van der Waals surface area contributed by atoms with E-state index in [1.807, 2.05) is 6.92 Å². The maximum absolute atomic E-state index is 13.8. The smallest absolute Gasteiger partial charge is 0.286 e. The number of carbonyl (C=O) groups excluding carboxylic acids is 1. The lowest BCUT2D eigenvalue weighted by Gasteiger charge is -2.22. The summed E-state index contributed by atoms with van der Waals surface area (Å²) in [5.41, 5.74) is -0.196. The van der Waals surface area contributed by atoms with E-state index < -0.39 is 33.6 Å². The number of carbonyl (C=O) groups is 1. The number of sulfonamides is 1. The zero-order valence-corrected chi connectivity index (χ0v) is 19.1. The molecule has 0 aliphatic carbocycles. The van der Waals surface area contributed by atoms with Gasteiger partial charge in [-0.1, -0.05) is 11.3 Å². The molecule has 174 valence electrons. The maximum Gasteiger partial charge on any atom is 0.286 e. The number of benzene rings is 2. The van der Waals surface area contributed by atoms with Crippen molar-refractivity contribution in [3.63, 3.8) is 0 Å². The van der Waals surface area contributed by atoms with Crippen LogP contribution in [0.4, 0.5) is 14.5 Å². The van der Waals surface area contributed by atoms with Crippen molar-refractivity contribution in [3.05, 3.63) is 64.1 Å². The van der Waals surface area contributed by atoms with E-state index in [1.54, 1.807) is 12.1 Å². The minimum atomic E-state index is -3.81. The fraction of sp³-hybridized carbons (Fsp3) is 0.286. The van der Waals surface area contributed by atoms with Crippen LogP contribution in [0.25, 0.3) is 0 Å². The first kappa shape index (κ1) is 23.2. The molecule has 8 nitrogen and oxygen atoms in total. The van der Waals surface area contributed by atoms with Gasteiger partial charge in [0.25, 0.3) is 5.91 Å². The molecule has 1 saturated heterocycles. The average Bonchev–Trinajstić information content (AvgIpc) is 3.46. The van der Waals surface area contributed by atoms with Crippen LogP contribution in [0.1, 0.15) is 40.6 Å². The molecule has 1 aromatic heterocycles. The minimum absolute atomic E-state index is 0.0564. The van der Waals surface area contributed by atoms with Crippen LogP contribution < -0.4 is 10.1 Å². The van der Waals surface area contributed by atoms with Gasteiger partial charge in [-0.2, -0.15) is 4.31 Å². The molecule has 1 amide bonds. The first-order valence-electron chi connectivity index (χ1n) is 10.1.